The van der Waals surface area contributed by atoms with E-state index in [4.69, 9.17) is 4.42 Å². The van der Waals surface area contributed by atoms with E-state index >= 15 is 0 Å². The van der Waals surface area contributed by atoms with Gasteiger partial charge in [-0.15, -0.1) is 0 Å². The minimum Gasteiger partial charge on any atom is -0.464 e. The van der Waals surface area contributed by atoms with Crippen molar-refractivity contribution in [2.45, 2.75) is 0 Å². The molecule has 3 nitrogen and oxygen atoms in total. The first-order valence-electron chi connectivity index (χ1n) is 15.2. The Morgan fingerprint density at radius 3 is 2.23 bits per heavy atom. The van der Waals surface area contributed by atoms with Crippen LogP contribution in [0.3, 0.4) is 0 Å². The molecule has 202 valence electrons. The van der Waals surface area contributed by atoms with Gasteiger partial charge in [-0.25, -0.2) is 0 Å². The molecule has 44 heavy (non-hydrogen) atoms. The molecule has 4 heterocycles. The number of aromatic nitrogens is 1. The lowest BCUT2D eigenvalue weighted by Gasteiger charge is -2.41. The second kappa shape index (κ2) is 8.00. The molecule has 0 fully saturated rings. The van der Waals surface area contributed by atoms with E-state index in [0.717, 1.165) is 16.7 Å². The average Bonchev–Trinajstić information content (AvgIpc) is 3.69. The van der Waals surface area contributed by atoms with Gasteiger partial charge in [0.1, 0.15) is 5.58 Å². The molecular weight excluding hydrogens is 535 g/mol. The molecule has 0 aliphatic carbocycles. The van der Waals surface area contributed by atoms with Gasteiger partial charge in [0.15, 0.2) is 0 Å². The lowest BCUT2D eigenvalue weighted by Crippen LogP contribution is -2.57. The SMILES string of the molecule is c1ccc2cc(N3c4ccc5ccccc5c4B4c5c(cc6occc6c53)-c3cccc5c6ccccc6n4c35)ccc2c1. The molecule has 0 saturated heterocycles. The number of benzene rings is 7. The lowest BCUT2D eigenvalue weighted by atomic mass is 9.44. The van der Waals surface area contributed by atoms with Crippen molar-refractivity contribution < 1.29 is 4.42 Å². The molecule has 2 aliphatic rings. The number of para-hydroxylation sites is 2. The van der Waals surface area contributed by atoms with E-state index in [9.17, 15) is 0 Å². The fourth-order valence-corrected chi connectivity index (χ4v) is 8.26. The molecule has 4 heteroatoms. The van der Waals surface area contributed by atoms with Crippen molar-refractivity contribution in [3.05, 3.63) is 140 Å². The second-order valence-electron chi connectivity index (χ2n) is 12.1. The van der Waals surface area contributed by atoms with E-state index < -0.39 is 0 Å². The van der Waals surface area contributed by atoms with Gasteiger partial charge in [0.25, 0.3) is 0 Å². The highest BCUT2D eigenvalue weighted by Crippen LogP contribution is 2.48. The predicted molar refractivity (Wildman–Crippen MR) is 185 cm³/mol. The van der Waals surface area contributed by atoms with Gasteiger partial charge in [0, 0.05) is 44.1 Å². The van der Waals surface area contributed by atoms with E-state index in [1.807, 2.05) is 6.26 Å². The zero-order valence-corrected chi connectivity index (χ0v) is 23.7. The van der Waals surface area contributed by atoms with Gasteiger partial charge in [-0.2, -0.15) is 0 Å². The number of nitrogens with zero attached hydrogens (tertiary/aromatic N) is 2. The van der Waals surface area contributed by atoms with Crippen molar-refractivity contribution in [2.75, 3.05) is 4.90 Å². The van der Waals surface area contributed by atoms with Gasteiger partial charge >= 0.3 is 6.85 Å². The first-order valence-corrected chi connectivity index (χ1v) is 15.2. The maximum Gasteiger partial charge on any atom is 0.333 e. The van der Waals surface area contributed by atoms with Gasteiger partial charge in [-0.1, -0.05) is 97.1 Å². The van der Waals surface area contributed by atoms with Gasteiger partial charge in [0.2, 0.25) is 0 Å². The molecule has 7 aromatic carbocycles. The molecule has 0 saturated carbocycles. The predicted octanol–water partition coefficient (Wildman–Crippen LogP) is 9.26. The first kappa shape index (κ1) is 22.8. The van der Waals surface area contributed by atoms with Crippen LogP contribution in [0.5, 0.6) is 0 Å². The second-order valence-corrected chi connectivity index (χ2v) is 12.1. The van der Waals surface area contributed by atoms with Crippen LogP contribution in [0.25, 0.3) is 65.4 Å². The minimum atomic E-state index is -0.00518. The monoisotopic (exact) mass is 558 g/mol. The normalized spacial score (nSPS) is 13.4. The summed E-state index contributed by atoms with van der Waals surface area (Å²) in [5, 5.41) is 8.73. The summed E-state index contributed by atoms with van der Waals surface area (Å²) in [4.78, 5) is 2.50. The highest BCUT2D eigenvalue weighted by Gasteiger charge is 2.44. The van der Waals surface area contributed by atoms with E-state index in [-0.39, 0.29) is 6.85 Å². The maximum atomic E-state index is 6.21. The van der Waals surface area contributed by atoms with Crippen LogP contribution in [0.15, 0.2) is 144 Å². The topological polar surface area (TPSA) is 21.3 Å². The van der Waals surface area contributed by atoms with Gasteiger partial charge < -0.3 is 13.8 Å². The number of fused-ring (bicyclic) bond motifs is 12. The van der Waals surface area contributed by atoms with E-state index in [2.05, 4.69) is 143 Å². The molecule has 0 unspecified atom stereocenters. The molecule has 0 bridgehead atoms. The highest BCUT2D eigenvalue weighted by atomic mass is 16.3. The molecule has 11 rings (SSSR count). The average molecular weight is 558 g/mol. The third-order valence-corrected chi connectivity index (χ3v) is 10.0. The van der Waals surface area contributed by atoms with Crippen LogP contribution in [0.1, 0.15) is 0 Å². The standard InChI is InChI=1S/C40H23BN2O/c1-2-10-26-22-27(18-16-24(26)8-1)42-35-19-17-25-9-3-4-11-28(25)37(35)41-38-33(23-36-32(40(38)42)20-21-44-36)31-14-7-13-30-29-12-5-6-15-34(29)43(41)39(30)31/h1-23H. The van der Waals surface area contributed by atoms with Crippen molar-refractivity contribution in [1.29, 1.82) is 0 Å². The first-order chi connectivity index (χ1) is 21.8. The van der Waals surface area contributed by atoms with Crippen LogP contribution in [-0.4, -0.2) is 11.3 Å². The Labute approximate surface area is 253 Å². The molecule has 2 aromatic heterocycles. The molecular formula is C40H23BN2O. The molecule has 2 aliphatic heterocycles. The Morgan fingerprint density at radius 2 is 1.30 bits per heavy atom. The van der Waals surface area contributed by atoms with E-state index in [0.29, 0.717) is 0 Å². The van der Waals surface area contributed by atoms with Crippen molar-refractivity contribution in [1.82, 2.24) is 4.48 Å². The Morgan fingerprint density at radius 1 is 0.523 bits per heavy atom. The summed E-state index contributed by atoms with van der Waals surface area (Å²) in [6.45, 7) is -0.00518. The number of rotatable bonds is 1. The molecule has 0 amide bonds. The van der Waals surface area contributed by atoms with Crippen LogP contribution >= 0.6 is 0 Å². The zero-order valence-electron chi connectivity index (χ0n) is 23.7. The van der Waals surface area contributed by atoms with E-state index in [1.54, 1.807) is 0 Å². The largest absolute Gasteiger partial charge is 0.464 e. The Kier molecular flexibility index (Phi) is 4.15. The van der Waals surface area contributed by atoms with Crippen LogP contribution in [0.2, 0.25) is 0 Å². The Balaban J connectivity index is 1.38. The Hall–Kier alpha value is -5.74. The van der Waals surface area contributed by atoms with Crippen molar-refractivity contribution in [2.24, 2.45) is 0 Å². The van der Waals surface area contributed by atoms with Crippen LogP contribution in [-0.2, 0) is 0 Å². The van der Waals surface area contributed by atoms with Crippen molar-refractivity contribution in [3.63, 3.8) is 0 Å². The maximum absolute atomic E-state index is 6.21. The molecule has 0 radical (unpaired) electrons. The minimum absolute atomic E-state index is 0.00518. The van der Waals surface area contributed by atoms with Crippen molar-refractivity contribution >= 4 is 89.2 Å². The summed E-state index contributed by atoms with van der Waals surface area (Å²) in [6.07, 6.45) is 1.84. The lowest BCUT2D eigenvalue weighted by molar-refractivity contribution is 0.616. The number of anilines is 3. The fourth-order valence-electron chi connectivity index (χ4n) is 8.26. The summed E-state index contributed by atoms with van der Waals surface area (Å²) < 4.78 is 8.83. The number of hydrogen-bond donors (Lipinski definition) is 0. The molecule has 0 atom stereocenters. The third-order valence-electron chi connectivity index (χ3n) is 10.0. The molecule has 0 spiro atoms. The van der Waals surface area contributed by atoms with Crippen LogP contribution in [0.4, 0.5) is 17.1 Å². The summed E-state index contributed by atoms with van der Waals surface area (Å²) in [6, 6.07) is 49.1. The summed E-state index contributed by atoms with van der Waals surface area (Å²) in [7, 11) is 0. The number of hydrogen-bond acceptors (Lipinski definition) is 2. The highest BCUT2D eigenvalue weighted by molar-refractivity contribution is 6.92. The quantitative estimate of drug-likeness (QED) is 0.187. The van der Waals surface area contributed by atoms with Crippen molar-refractivity contribution in [3.8, 4) is 11.1 Å². The fraction of sp³-hybridized carbons (Fsp3) is 0. The van der Waals surface area contributed by atoms with Gasteiger partial charge in [-0.3, -0.25) is 0 Å². The van der Waals surface area contributed by atoms with Gasteiger partial charge in [0.05, 0.1) is 12.0 Å². The summed E-state index contributed by atoms with van der Waals surface area (Å²) >= 11 is 0. The van der Waals surface area contributed by atoms with E-state index in [1.165, 1.54) is 76.8 Å². The molecule has 0 N–H and O–H groups in total. The summed E-state index contributed by atoms with van der Waals surface area (Å²) in [5.41, 5.74) is 12.2. The smallest absolute Gasteiger partial charge is 0.333 e. The zero-order chi connectivity index (χ0) is 28.5. The Bertz CT molecular complexity index is 2700. The summed E-state index contributed by atoms with van der Waals surface area (Å²) in [5.74, 6) is 0. The van der Waals surface area contributed by atoms with Crippen LogP contribution < -0.4 is 15.8 Å². The number of furan rings is 1. The third kappa shape index (κ3) is 2.70. The van der Waals surface area contributed by atoms with Gasteiger partial charge in [-0.05, 0) is 74.4 Å². The van der Waals surface area contributed by atoms with Crippen LogP contribution in [0, 0.1) is 0 Å². The molecule has 9 aromatic rings.